The predicted octanol–water partition coefficient (Wildman–Crippen LogP) is 0.940. The van der Waals surface area contributed by atoms with E-state index in [-0.39, 0.29) is 11.9 Å². The molecule has 0 aromatic heterocycles. The highest BCUT2D eigenvalue weighted by atomic mass is 16.3. The first-order valence-electron chi connectivity index (χ1n) is 6.93. The van der Waals surface area contributed by atoms with Crippen molar-refractivity contribution < 1.29 is 9.90 Å². The Morgan fingerprint density at radius 1 is 1.24 bits per heavy atom. The summed E-state index contributed by atoms with van der Waals surface area (Å²) in [6.45, 7) is 1.35. The van der Waals surface area contributed by atoms with Crippen LogP contribution in [0.4, 0.5) is 0 Å². The first-order chi connectivity index (χ1) is 8.20. The van der Waals surface area contributed by atoms with Gasteiger partial charge in [-0.3, -0.25) is 4.79 Å². The highest BCUT2D eigenvalue weighted by molar-refractivity contribution is 5.82. The zero-order valence-corrected chi connectivity index (χ0v) is 10.5. The Morgan fingerprint density at radius 3 is 2.53 bits per heavy atom. The van der Waals surface area contributed by atoms with Crippen molar-refractivity contribution in [2.45, 2.75) is 63.0 Å². The van der Waals surface area contributed by atoms with E-state index < -0.39 is 5.60 Å². The summed E-state index contributed by atoms with van der Waals surface area (Å²) in [6, 6.07) is -0.0376. The van der Waals surface area contributed by atoms with Gasteiger partial charge in [0.15, 0.2) is 0 Å². The molecule has 0 radical (unpaired) electrons. The number of amides is 1. The van der Waals surface area contributed by atoms with Crippen LogP contribution >= 0.6 is 0 Å². The van der Waals surface area contributed by atoms with Crippen molar-refractivity contribution in [2.75, 3.05) is 13.1 Å². The van der Waals surface area contributed by atoms with Crippen molar-refractivity contribution in [1.29, 1.82) is 0 Å². The van der Waals surface area contributed by atoms with Crippen molar-refractivity contribution in [1.82, 2.24) is 10.6 Å². The van der Waals surface area contributed by atoms with Gasteiger partial charge in [-0.05, 0) is 32.2 Å². The summed E-state index contributed by atoms with van der Waals surface area (Å²) in [5, 5.41) is 16.5. The van der Waals surface area contributed by atoms with E-state index in [1.54, 1.807) is 0 Å². The van der Waals surface area contributed by atoms with Crippen LogP contribution in [0.25, 0.3) is 0 Å². The number of rotatable bonds is 3. The molecular formula is C13H24N2O2. The van der Waals surface area contributed by atoms with E-state index in [0.29, 0.717) is 6.54 Å². The van der Waals surface area contributed by atoms with Gasteiger partial charge >= 0.3 is 0 Å². The van der Waals surface area contributed by atoms with E-state index in [2.05, 4.69) is 10.6 Å². The molecule has 2 rings (SSSR count). The van der Waals surface area contributed by atoms with E-state index in [4.69, 9.17) is 0 Å². The Hall–Kier alpha value is -0.610. The molecule has 2 aliphatic rings. The highest BCUT2D eigenvalue weighted by Crippen LogP contribution is 2.26. The summed E-state index contributed by atoms with van der Waals surface area (Å²) < 4.78 is 0. The normalized spacial score (nSPS) is 28.6. The van der Waals surface area contributed by atoms with Crippen LogP contribution in [0.15, 0.2) is 0 Å². The molecule has 1 heterocycles. The van der Waals surface area contributed by atoms with Gasteiger partial charge in [-0.15, -0.1) is 0 Å². The molecule has 17 heavy (non-hydrogen) atoms. The molecular weight excluding hydrogens is 216 g/mol. The summed E-state index contributed by atoms with van der Waals surface area (Å²) in [6.07, 6.45) is 8.21. The van der Waals surface area contributed by atoms with Crippen LogP contribution < -0.4 is 10.6 Å². The van der Waals surface area contributed by atoms with Gasteiger partial charge < -0.3 is 15.7 Å². The lowest BCUT2D eigenvalue weighted by Crippen LogP contribution is -2.48. The Morgan fingerprint density at radius 2 is 1.94 bits per heavy atom. The van der Waals surface area contributed by atoms with Gasteiger partial charge in [0.05, 0.1) is 11.6 Å². The predicted molar refractivity (Wildman–Crippen MR) is 66.7 cm³/mol. The fraction of sp³-hybridized carbons (Fsp3) is 0.923. The average Bonchev–Trinajstić information content (AvgIpc) is 2.77. The highest BCUT2D eigenvalue weighted by Gasteiger charge is 2.30. The minimum absolute atomic E-state index is 0.0376. The molecule has 1 saturated carbocycles. The average molecular weight is 240 g/mol. The summed E-state index contributed by atoms with van der Waals surface area (Å²) in [5.74, 6) is 0.0557. The van der Waals surface area contributed by atoms with Crippen molar-refractivity contribution in [3.8, 4) is 0 Å². The zero-order valence-electron chi connectivity index (χ0n) is 10.5. The molecule has 1 unspecified atom stereocenters. The molecule has 1 atom stereocenters. The maximum atomic E-state index is 11.8. The second-order valence-corrected chi connectivity index (χ2v) is 5.51. The summed E-state index contributed by atoms with van der Waals surface area (Å²) in [7, 11) is 0. The Kier molecular flexibility index (Phi) is 4.40. The standard InChI is InChI=1S/C13H24N2O2/c16-12(11-6-5-9-14-11)15-10-13(17)7-3-1-2-4-8-13/h11,14,17H,1-10H2,(H,15,16). The van der Waals surface area contributed by atoms with Crippen LogP contribution in [0, 0.1) is 0 Å². The van der Waals surface area contributed by atoms with E-state index in [0.717, 1.165) is 45.1 Å². The van der Waals surface area contributed by atoms with Gasteiger partial charge in [0.1, 0.15) is 0 Å². The number of hydrogen-bond donors (Lipinski definition) is 3. The van der Waals surface area contributed by atoms with Crippen LogP contribution in [-0.2, 0) is 4.79 Å². The van der Waals surface area contributed by atoms with Crippen LogP contribution in [0.3, 0.4) is 0 Å². The lowest BCUT2D eigenvalue weighted by Gasteiger charge is -2.27. The molecule has 1 saturated heterocycles. The minimum Gasteiger partial charge on any atom is -0.388 e. The molecule has 4 heteroatoms. The largest absolute Gasteiger partial charge is 0.388 e. The van der Waals surface area contributed by atoms with Gasteiger partial charge in [0.2, 0.25) is 5.91 Å². The van der Waals surface area contributed by atoms with Gasteiger partial charge in [-0.2, -0.15) is 0 Å². The fourth-order valence-electron chi connectivity index (χ4n) is 2.85. The SMILES string of the molecule is O=C(NCC1(O)CCCCCC1)C1CCCN1. The summed E-state index contributed by atoms with van der Waals surface area (Å²) in [5.41, 5.74) is -0.662. The number of carbonyl (C=O) groups excluding carboxylic acids is 1. The maximum absolute atomic E-state index is 11.8. The second kappa shape index (κ2) is 5.83. The summed E-state index contributed by atoms with van der Waals surface area (Å²) in [4.78, 5) is 11.8. The van der Waals surface area contributed by atoms with Gasteiger partial charge in [-0.25, -0.2) is 0 Å². The number of carbonyl (C=O) groups is 1. The first kappa shape index (κ1) is 12.8. The van der Waals surface area contributed by atoms with Crippen LogP contribution in [-0.4, -0.2) is 35.7 Å². The number of hydrogen-bond acceptors (Lipinski definition) is 3. The smallest absolute Gasteiger partial charge is 0.237 e. The van der Waals surface area contributed by atoms with Crippen molar-refractivity contribution in [2.24, 2.45) is 0 Å². The van der Waals surface area contributed by atoms with E-state index in [1.807, 2.05) is 0 Å². The molecule has 0 aromatic rings. The lowest BCUT2D eigenvalue weighted by molar-refractivity contribution is -0.124. The van der Waals surface area contributed by atoms with E-state index >= 15 is 0 Å². The summed E-state index contributed by atoms with van der Waals surface area (Å²) >= 11 is 0. The third-order valence-electron chi connectivity index (χ3n) is 4.00. The third kappa shape index (κ3) is 3.68. The number of aliphatic hydroxyl groups is 1. The Labute approximate surface area is 103 Å². The Balaban J connectivity index is 1.77. The molecule has 0 bridgehead atoms. The second-order valence-electron chi connectivity index (χ2n) is 5.51. The van der Waals surface area contributed by atoms with Gasteiger partial charge in [0.25, 0.3) is 0 Å². The van der Waals surface area contributed by atoms with Crippen LogP contribution in [0.5, 0.6) is 0 Å². The van der Waals surface area contributed by atoms with Crippen molar-refractivity contribution >= 4 is 5.91 Å². The molecule has 0 spiro atoms. The van der Waals surface area contributed by atoms with Gasteiger partial charge in [0, 0.05) is 6.54 Å². The third-order valence-corrected chi connectivity index (χ3v) is 4.00. The lowest BCUT2D eigenvalue weighted by atomic mass is 9.94. The molecule has 1 aliphatic heterocycles. The fourth-order valence-corrected chi connectivity index (χ4v) is 2.85. The van der Waals surface area contributed by atoms with E-state index in [1.165, 1.54) is 12.8 Å². The topological polar surface area (TPSA) is 61.4 Å². The molecule has 1 aliphatic carbocycles. The van der Waals surface area contributed by atoms with Crippen LogP contribution in [0.2, 0.25) is 0 Å². The zero-order chi connectivity index (χ0) is 12.1. The maximum Gasteiger partial charge on any atom is 0.237 e. The van der Waals surface area contributed by atoms with Crippen LogP contribution in [0.1, 0.15) is 51.4 Å². The number of nitrogens with one attached hydrogen (secondary N) is 2. The first-order valence-corrected chi connectivity index (χ1v) is 6.93. The molecule has 98 valence electrons. The molecule has 4 nitrogen and oxygen atoms in total. The van der Waals surface area contributed by atoms with Gasteiger partial charge in [-0.1, -0.05) is 25.7 Å². The minimum atomic E-state index is -0.662. The monoisotopic (exact) mass is 240 g/mol. The molecule has 1 amide bonds. The molecule has 3 N–H and O–H groups in total. The van der Waals surface area contributed by atoms with Crippen molar-refractivity contribution in [3.05, 3.63) is 0 Å². The quantitative estimate of drug-likeness (QED) is 0.643. The Bertz CT molecular complexity index is 254. The molecule has 0 aromatic carbocycles. The van der Waals surface area contributed by atoms with Crippen molar-refractivity contribution in [3.63, 3.8) is 0 Å². The van der Waals surface area contributed by atoms with E-state index in [9.17, 15) is 9.90 Å². The molecule has 2 fully saturated rings.